The van der Waals surface area contributed by atoms with Gasteiger partial charge in [0.1, 0.15) is 5.25 Å². The van der Waals surface area contributed by atoms with Gasteiger partial charge in [0, 0.05) is 35.8 Å². The monoisotopic (exact) mass is 524 g/mol. The molecule has 2 unspecified atom stereocenters. The molecule has 2 aliphatic heterocycles. The molecular weight excluding hydrogens is 500 g/mol. The van der Waals surface area contributed by atoms with E-state index in [1.807, 2.05) is 12.1 Å². The number of ether oxygens (including phenoxy) is 2. The van der Waals surface area contributed by atoms with Crippen molar-refractivity contribution in [3.05, 3.63) is 35.0 Å². The molecule has 1 aromatic carbocycles. The number of thiazole rings is 1. The lowest BCUT2D eigenvalue weighted by Gasteiger charge is -2.25. The molecule has 0 bridgehead atoms. The number of likely N-dealkylation sites (tertiary alicyclic amines) is 1. The second-order valence-corrected chi connectivity index (χ2v) is 11.2. The molecule has 4 rings (SSSR count). The molecule has 2 aliphatic rings. The molecule has 1 fully saturated rings. The number of hydrogen-bond acceptors (Lipinski definition) is 8. The van der Waals surface area contributed by atoms with Crippen LogP contribution in [0.2, 0.25) is 5.02 Å². The number of rotatable bonds is 5. The number of carbonyl (C=O) groups is 3. The van der Waals surface area contributed by atoms with E-state index in [1.54, 1.807) is 35.9 Å². The van der Waals surface area contributed by atoms with E-state index < -0.39 is 5.41 Å². The van der Waals surface area contributed by atoms with Crippen molar-refractivity contribution in [2.45, 2.75) is 35.1 Å². The Hall–Kier alpha value is -2.50. The molecule has 2 atom stereocenters. The van der Waals surface area contributed by atoms with Crippen molar-refractivity contribution in [3.63, 3.8) is 0 Å². The van der Waals surface area contributed by atoms with Crippen molar-refractivity contribution in [1.29, 1.82) is 0 Å². The number of nitrogens with one attached hydrogen (secondary N) is 1. The van der Waals surface area contributed by atoms with Crippen molar-refractivity contribution >= 4 is 63.6 Å². The van der Waals surface area contributed by atoms with Crippen LogP contribution in [0.1, 0.15) is 25.8 Å². The van der Waals surface area contributed by atoms with E-state index in [-0.39, 0.29) is 23.3 Å². The molecule has 9 nitrogen and oxygen atoms in total. The zero-order valence-corrected chi connectivity index (χ0v) is 21.4. The van der Waals surface area contributed by atoms with Crippen LogP contribution in [0, 0.1) is 0 Å². The fourth-order valence-corrected chi connectivity index (χ4v) is 6.54. The van der Waals surface area contributed by atoms with Crippen LogP contribution in [-0.4, -0.2) is 66.6 Å². The second kappa shape index (κ2) is 10.0. The Bertz CT molecular complexity index is 1110. The number of amides is 3. The van der Waals surface area contributed by atoms with Crippen LogP contribution in [0.3, 0.4) is 0 Å². The highest BCUT2D eigenvalue weighted by molar-refractivity contribution is 8.02. The van der Waals surface area contributed by atoms with Gasteiger partial charge in [0.2, 0.25) is 0 Å². The van der Waals surface area contributed by atoms with Gasteiger partial charge >= 0.3 is 18.1 Å². The summed E-state index contributed by atoms with van der Waals surface area (Å²) in [5, 5.41) is 3.50. The third-order valence-corrected chi connectivity index (χ3v) is 8.29. The SMILES string of the molecule is CCOC(=O)C(C)Sc1cnc(NC(=O)N2CC3(CCN(C(=O)OC)C3)c3cc(Cl)ccc32)s1. The molecule has 2 aromatic rings. The molecule has 1 aromatic heterocycles. The molecule has 12 heteroatoms. The van der Waals surface area contributed by atoms with Gasteiger partial charge in [0.05, 0.1) is 24.1 Å². The summed E-state index contributed by atoms with van der Waals surface area (Å²) in [6.07, 6.45) is 1.95. The predicted molar refractivity (Wildman–Crippen MR) is 132 cm³/mol. The number of halogens is 1. The predicted octanol–water partition coefficient (Wildman–Crippen LogP) is 4.60. The number of thioether (sulfide) groups is 1. The zero-order chi connectivity index (χ0) is 24.5. The van der Waals surface area contributed by atoms with Gasteiger partial charge in [-0.05, 0) is 44.0 Å². The van der Waals surface area contributed by atoms with Gasteiger partial charge in [-0.3, -0.25) is 15.0 Å². The highest BCUT2D eigenvalue weighted by atomic mass is 35.5. The van der Waals surface area contributed by atoms with Crippen LogP contribution < -0.4 is 10.2 Å². The first kappa shape index (κ1) is 24.6. The molecule has 0 radical (unpaired) electrons. The topological polar surface area (TPSA) is 101 Å². The highest BCUT2D eigenvalue weighted by Gasteiger charge is 2.50. The van der Waals surface area contributed by atoms with Crippen LogP contribution in [0.4, 0.5) is 20.4 Å². The second-order valence-electron chi connectivity index (χ2n) is 8.10. The molecule has 3 heterocycles. The lowest BCUT2D eigenvalue weighted by molar-refractivity contribution is -0.142. The van der Waals surface area contributed by atoms with Gasteiger partial charge in [-0.15, -0.1) is 0 Å². The molecule has 1 saturated heterocycles. The van der Waals surface area contributed by atoms with Gasteiger partial charge in [0.15, 0.2) is 5.13 Å². The van der Waals surface area contributed by atoms with Crippen molar-refractivity contribution in [1.82, 2.24) is 9.88 Å². The van der Waals surface area contributed by atoms with Crippen LogP contribution in [0.15, 0.2) is 28.6 Å². The molecule has 0 saturated carbocycles. The standard InChI is InChI=1S/C22H25ClN4O5S2/c1-4-32-18(28)13(2)33-17-10-24-19(34-17)25-20(29)27-12-22(7-8-26(11-22)21(30)31-3)15-9-14(23)5-6-16(15)27/h5-6,9-10,13H,4,7-8,11-12H2,1-3H3,(H,24,25,29). The number of benzene rings is 1. The Morgan fingerprint density at radius 1 is 1.35 bits per heavy atom. The summed E-state index contributed by atoms with van der Waals surface area (Å²) in [7, 11) is 1.36. The Morgan fingerprint density at radius 2 is 2.15 bits per heavy atom. The average Bonchev–Trinajstić information content (AvgIpc) is 3.52. The van der Waals surface area contributed by atoms with E-state index in [2.05, 4.69) is 10.3 Å². The number of methoxy groups -OCH3 is 1. The van der Waals surface area contributed by atoms with E-state index >= 15 is 0 Å². The number of urea groups is 1. The molecule has 0 aliphatic carbocycles. The van der Waals surface area contributed by atoms with Crippen molar-refractivity contribution in [2.24, 2.45) is 0 Å². The molecular formula is C22H25ClN4O5S2. The number of fused-ring (bicyclic) bond motifs is 2. The third kappa shape index (κ3) is 4.82. The fourth-order valence-electron chi connectivity index (χ4n) is 4.34. The maximum absolute atomic E-state index is 13.3. The van der Waals surface area contributed by atoms with Gasteiger partial charge in [-0.2, -0.15) is 0 Å². The lowest BCUT2D eigenvalue weighted by atomic mass is 9.81. The number of anilines is 2. The van der Waals surface area contributed by atoms with E-state index in [9.17, 15) is 14.4 Å². The summed E-state index contributed by atoms with van der Waals surface area (Å²) in [4.78, 5) is 44.8. The van der Waals surface area contributed by atoms with E-state index in [0.717, 1.165) is 15.5 Å². The smallest absolute Gasteiger partial charge is 0.409 e. The minimum Gasteiger partial charge on any atom is -0.465 e. The molecule has 182 valence electrons. The first-order valence-corrected chi connectivity index (χ1v) is 12.8. The molecule has 1 spiro atoms. The first-order valence-electron chi connectivity index (χ1n) is 10.8. The van der Waals surface area contributed by atoms with E-state index in [4.69, 9.17) is 21.1 Å². The lowest BCUT2D eigenvalue weighted by Crippen LogP contribution is -2.41. The van der Waals surface area contributed by atoms with Crippen LogP contribution in [-0.2, 0) is 19.7 Å². The maximum Gasteiger partial charge on any atom is 0.409 e. The Balaban J connectivity index is 1.49. The molecule has 3 amide bonds. The first-order chi connectivity index (χ1) is 16.3. The summed E-state index contributed by atoms with van der Waals surface area (Å²) in [6.45, 7) is 5.26. The van der Waals surface area contributed by atoms with E-state index in [1.165, 1.54) is 30.2 Å². The Morgan fingerprint density at radius 3 is 2.88 bits per heavy atom. The van der Waals surface area contributed by atoms with Crippen molar-refractivity contribution in [3.8, 4) is 0 Å². The number of esters is 1. The number of nitrogens with zero attached hydrogens (tertiary/aromatic N) is 3. The molecule has 1 N–H and O–H groups in total. The quantitative estimate of drug-likeness (QED) is 0.450. The van der Waals surface area contributed by atoms with Crippen LogP contribution in [0.25, 0.3) is 0 Å². The average molecular weight is 525 g/mol. The highest BCUT2D eigenvalue weighted by Crippen LogP contribution is 2.47. The zero-order valence-electron chi connectivity index (χ0n) is 19.0. The van der Waals surface area contributed by atoms with Crippen LogP contribution in [0.5, 0.6) is 0 Å². The number of hydrogen-bond donors (Lipinski definition) is 1. The number of carbonyl (C=O) groups excluding carboxylic acids is 3. The maximum atomic E-state index is 13.3. The summed E-state index contributed by atoms with van der Waals surface area (Å²) < 4.78 is 10.7. The third-order valence-electron chi connectivity index (χ3n) is 5.92. The van der Waals surface area contributed by atoms with Crippen molar-refractivity contribution in [2.75, 3.05) is 43.6 Å². The van der Waals surface area contributed by atoms with Gasteiger partial charge in [0.25, 0.3) is 0 Å². The van der Waals surface area contributed by atoms with Gasteiger partial charge in [-0.25, -0.2) is 14.6 Å². The van der Waals surface area contributed by atoms with Crippen molar-refractivity contribution < 1.29 is 23.9 Å². The number of aromatic nitrogens is 1. The summed E-state index contributed by atoms with van der Waals surface area (Å²) in [5.41, 5.74) is 1.29. The Kier molecular flexibility index (Phi) is 7.25. The normalized spacial score (nSPS) is 19.8. The molecule has 34 heavy (non-hydrogen) atoms. The minimum absolute atomic E-state index is 0.290. The Labute approximate surface area is 210 Å². The largest absolute Gasteiger partial charge is 0.465 e. The minimum atomic E-state index is -0.412. The van der Waals surface area contributed by atoms with Crippen LogP contribution >= 0.6 is 34.7 Å². The summed E-state index contributed by atoms with van der Waals surface area (Å²) in [6, 6.07) is 5.14. The summed E-state index contributed by atoms with van der Waals surface area (Å²) >= 11 is 8.92. The van der Waals surface area contributed by atoms with E-state index in [0.29, 0.717) is 42.8 Å². The summed E-state index contributed by atoms with van der Waals surface area (Å²) in [5.74, 6) is -0.290. The van der Waals surface area contributed by atoms with Gasteiger partial charge < -0.3 is 14.4 Å². The van der Waals surface area contributed by atoms with Gasteiger partial charge in [-0.1, -0.05) is 34.7 Å². The fraction of sp³-hybridized carbons (Fsp3) is 0.455.